The molecule has 0 aliphatic carbocycles. The summed E-state index contributed by atoms with van der Waals surface area (Å²) in [6.07, 6.45) is 4.56. The van der Waals surface area contributed by atoms with Gasteiger partial charge in [0.2, 0.25) is 5.95 Å². The van der Waals surface area contributed by atoms with Gasteiger partial charge in [0.25, 0.3) is 5.56 Å². The topological polar surface area (TPSA) is 158 Å². The van der Waals surface area contributed by atoms with Crippen LogP contribution in [0.15, 0.2) is 40.2 Å². The maximum atomic E-state index is 12.7. The zero-order chi connectivity index (χ0) is 24.1. The zero-order valence-electron chi connectivity index (χ0n) is 19.5. The molecule has 3 heterocycles. The molecular weight excluding hydrogens is 434 g/mol. The molecule has 0 saturated carbocycles. The quantitative estimate of drug-likeness (QED) is 0.233. The molecule has 0 radical (unpaired) electrons. The van der Waals surface area contributed by atoms with Gasteiger partial charge in [-0.1, -0.05) is 18.2 Å². The van der Waals surface area contributed by atoms with Gasteiger partial charge < -0.3 is 26.6 Å². The van der Waals surface area contributed by atoms with Gasteiger partial charge in [-0.05, 0) is 49.8 Å². The number of amides is 2. The summed E-state index contributed by atoms with van der Waals surface area (Å²) in [6, 6.07) is 7.00. The van der Waals surface area contributed by atoms with E-state index in [2.05, 4.69) is 35.4 Å². The SMILES string of the molecule is Cc1ccccc1NC(=O)Nc1ncc(N2CCC3(CC2)CN(CCCN=C(N)N)C3)c(=O)[nH]1. The monoisotopic (exact) mass is 467 g/mol. The molecule has 0 atom stereocenters. The molecular formula is C23H33N9O2. The van der Waals surface area contributed by atoms with Gasteiger partial charge in [0, 0.05) is 38.4 Å². The lowest BCUT2D eigenvalue weighted by molar-refractivity contribution is -0.0182. The number of aliphatic imine (C=N–C) groups is 1. The standard InChI is InChI=1S/C23H33N9O2/c1-16-5-2-3-6-17(16)28-22(34)30-21-27-13-18(19(33)29-21)32-11-7-23(8-12-32)14-31(15-23)10-4-9-26-20(24)25/h2-3,5-6,13H,4,7-12,14-15H2,1H3,(H4,24,25,26)(H3,27,28,29,30,33,34). The Morgan fingerprint density at radius 1 is 1.21 bits per heavy atom. The minimum absolute atomic E-state index is 0.115. The van der Waals surface area contributed by atoms with Crippen LogP contribution in [-0.2, 0) is 0 Å². The Bertz CT molecular complexity index is 1090. The molecule has 34 heavy (non-hydrogen) atoms. The van der Waals surface area contributed by atoms with Crippen molar-refractivity contribution in [3.8, 4) is 0 Å². The number of carbonyl (C=O) groups excluding carboxylic acids is 1. The number of rotatable bonds is 7. The molecule has 11 heteroatoms. The number of likely N-dealkylation sites (tertiary alicyclic amines) is 1. The summed E-state index contributed by atoms with van der Waals surface area (Å²) in [4.78, 5) is 40.4. The van der Waals surface area contributed by atoms with Crippen molar-refractivity contribution in [2.24, 2.45) is 21.9 Å². The number of nitrogens with two attached hydrogens (primary N) is 2. The first-order valence-corrected chi connectivity index (χ1v) is 11.6. The number of benzene rings is 1. The molecule has 1 aromatic heterocycles. The predicted octanol–water partition coefficient (Wildman–Crippen LogP) is 1.29. The number of piperidine rings is 1. The van der Waals surface area contributed by atoms with Crippen molar-refractivity contribution in [2.45, 2.75) is 26.2 Å². The molecule has 182 valence electrons. The fraction of sp³-hybridized carbons (Fsp3) is 0.478. The molecule has 1 aromatic carbocycles. The van der Waals surface area contributed by atoms with Gasteiger partial charge in [-0.2, -0.15) is 0 Å². The number of hydrogen-bond donors (Lipinski definition) is 5. The predicted molar refractivity (Wildman–Crippen MR) is 134 cm³/mol. The summed E-state index contributed by atoms with van der Waals surface area (Å²) in [5.74, 6) is 0.259. The largest absolute Gasteiger partial charge is 0.370 e. The van der Waals surface area contributed by atoms with Crippen molar-refractivity contribution in [1.82, 2.24) is 14.9 Å². The van der Waals surface area contributed by atoms with E-state index in [0.717, 1.165) is 57.5 Å². The molecule has 2 fully saturated rings. The Kier molecular flexibility index (Phi) is 7.01. The van der Waals surface area contributed by atoms with Gasteiger partial charge in [-0.25, -0.2) is 9.78 Å². The van der Waals surface area contributed by atoms with Crippen molar-refractivity contribution in [3.63, 3.8) is 0 Å². The van der Waals surface area contributed by atoms with Crippen molar-refractivity contribution in [2.75, 3.05) is 54.8 Å². The highest BCUT2D eigenvalue weighted by molar-refractivity contribution is 5.99. The number of H-pyrrole nitrogens is 1. The van der Waals surface area contributed by atoms with E-state index in [0.29, 0.717) is 23.3 Å². The summed E-state index contributed by atoms with van der Waals surface area (Å²) < 4.78 is 0. The highest BCUT2D eigenvalue weighted by Crippen LogP contribution is 2.40. The average molecular weight is 468 g/mol. The summed E-state index contributed by atoms with van der Waals surface area (Å²) in [7, 11) is 0. The smallest absolute Gasteiger partial charge is 0.326 e. The van der Waals surface area contributed by atoms with E-state index < -0.39 is 6.03 Å². The lowest BCUT2D eigenvalue weighted by Crippen LogP contribution is -2.60. The Balaban J connectivity index is 1.25. The van der Waals surface area contributed by atoms with Crippen LogP contribution in [0.3, 0.4) is 0 Å². The van der Waals surface area contributed by atoms with E-state index in [-0.39, 0.29) is 17.5 Å². The Labute approximate surface area is 198 Å². The van der Waals surface area contributed by atoms with E-state index in [1.165, 1.54) is 6.20 Å². The number of anilines is 3. The van der Waals surface area contributed by atoms with Crippen LogP contribution in [0.1, 0.15) is 24.8 Å². The first-order chi connectivity index (χ1) is 16.3. The maximum absolute atomic E-state index is 12.7. The molecule has 2 amide bonds. The third kappa shape index (κ3) is 5.66. The average Bonchev–Trinajstić information content (AvgIpc) is 2.77. The van der Waals surface area contributed by atoms with Gasteiger partial charge in [-0.15, -0.1) is 0 Å². The third-order valence-corrected chi connectivity index (χ3v) is 6.62. The second-order valence-corrected chi connectivity index (χ2v) is 9.20. The molecule has 2 saturated heterocycles. The number of nitrogens with zero attached hydrogens (tertiary/aromatic N) is 4. The molecule has 4 rings (SSSR count). The molecule has 1 spiro atoms. The molecule has 11 nitrogen and oxygen atoms in total. The zero-order valence-corrected chi connectivity index (χ0v) is 19.5. The number of aromatic amines is 1. The van der Waals surface area contributed by atoms with Crippen LogP contribution in [0.25, 0.3) is 0 Å². The number of nitrogens with one attached hydrogen (secondary N) is 3. The summed E-state index contributed by atoms with van der Waals surface area (Å²) in [5.41, 5.74) is 13.0. The molecule has 2 aliphatic rings. The highest BCUT2D eigenvalue weighted by atomic mass is 16.2. The van der Waals surface area contributed by atoms with Gasteiger partial charge in [0.05, 0.1) is 6.20 Å². The number of urea groups is 1. The number of para-hydroxylation sites is 1. The summed E-state index contributed by atoms with van der Waals surface area (Å²) in [5, 5.41) is 5.35. The molecule has 7 N–H and O–H groups in total. The van der Waals surface area contributed by atoms with Crippen LogP contribution in [0.4, 0.5) is 22.1 Å². The van der Waals surface area contributed by atoms with Gasteiger partial charge >= 0.3 is 6.03 Å². The van der Waals surface area contributed by atoms with Crippen LogP contribution < -0.4 is 32.6 Å². The lowest BCUT2D eigenvalue weighted by atomic mass is 9.72. The highest BCUT2D eigenvalue weighted by Gasteiger charge is 2.44. The fourth-order valence-corrected chi connectivity index (χ4v) is 4.75. The molecule has 2 aliphatic heterocycles. The van der Waals surface area contributed by atoms with Gasteiger partial charge in [-0.3, -0.25) is 20.1 Å². The second kappa shape index (κ2) is 10.1. The minimum atomic E-state index is -0.460. The van der Waals surface area contributed by atoms with Crippen LogP contribution in [0.5, 0.6) is 0 Å². The van der Waals surface area contributed by atoms with E-state index in [1.807, 2.05) is 31.2 Å². The van der Waals surface area contributed by atoms with Crippen LogP contribution in [0.2, 0.25) is 0 Å². The van der Waals surface area contributed by atoms with Crippen LogP contribution in [0, 0.1) is 12.3 Å². The van der Waals surface area contributed by atoms with Crippen LogP contribution in [-0.4, -0.2) is 66.1 Å². The van der Waals surface area contributed by atoms with Gasteiger partial charge in [0.15, 0.2) is 5.96 Å². The van der Waals surface area contributed by atoms with E-state index in [4.69, 9.17) is 11.5 Å². The first kappa shape index (κ1) is 23.6. The summed E-state index contributed by atoms with van der Waals surface area (Å²) >= 11 is 0. The van der Waals surface area contributed by atoms with Crippen molar-refractivity contribution < 1.29 is 4.79 Å². The fourth-order valence-electron chi connectivity index (χ4n) is 4.75. The Hall–Kier alpha value is -3.60. The van der Waals surface area contributed by atoms with E-state index >= 15 is 0 Å². The Morgan fingerprint density at radius 3 is 2.62 bits per heavy atom. The number of guanidine groups is 1. The molecule has 0 bridgehead atoms. The molecule has 2 aromatic rings. The number of aryl methyl sites for hydroxylation is 1. The first-order valence-electron chi connectivity index (χ1n) is 11.6. The van der Waals surface area contributed by atoms with Gasteiger partial charge in [0.1, 0.15) is 5.69 Å². The molecule has 0 unspecified atom stereocenters. The second-order valence-electron chi connectivity index (χ2n) is 9.20. The summed E-state index contributed by atoms with van der Waals surface area (Å²) in [6.45, 7) is 7.35. The number of aromatic nitrogens is 2. The normalized spacial score (nSPS) is 17.1. The Morgan fingerprint density at radius 2 is 1.94 bits per heavy atom. The van der Waals surface area contributed by atoms with E-state index in [1.54, 1.807) is 0 Å². The number of hydrogen-bond acceptors (Lipinski definition) is 6. The van der Waals surface area contributed by atoms with Crippen molar-refractivity contribution >= 4 is 29.3 Å². The van der Waals surface area contributed by atoms with Crippen LogP contribution >= 0.6 is 0 Å². The van der Waals surface area contributed by atoms with Crippen molar-refractivity contribution in [1.29, 1.82) is 0 Å². The maximum Gasteiger partial charge on any atom is 0.326 e. The lowest BCUT2D eigenvalue weighted by Gasteiger charge is -2.54. The minimum Gasteiger partial charge on any atom is -0.370 e. The van der Waals surface area contributed by atoms with Crippen molar-refractivity contribution in [3.05, 3.63) is 46.4 Å². The number of carbonyl (C=O) groups is 1. The van der Waals surface area contributed by atoms with E-state index in [9.17, 15) is 9.59 Å². The third-order valence-electron chi connectivity index (χ3n) is 6.62.